The van der Waals surface area contributed by atoms with Gasteiger partial charge in [-0.1, -0.05) is 19.3 Å². The number of carbonyl (C=O) groups excluding carboxylic acids is 1. The summed E-state index contributed by atoms with van der Waals surface area (Å²) < 4.78 is 1.70. The van der Waals surface area contributed by atoms with Gasteiger partial charge in [0.15, 0.2) is 0 Å². The second-order valence-electron chi connectivity index (χ2n) is 6.04. The minimum Gasteiger partial charge on any atom is -0.479 e. The zero-order chi connectivity index (χ0) is 15.6. The summed E-state index contributed by atoms with van der Waals surface area (Å²) in [6.07, 6.45) is 5.47. The second kappa shape index (κ2) is 5.87. The molecule has 0 aromatic carbocycles. The van der Waals surface area contributed by atoms with Gasteiger partial charge in [-0.3, -0.25) is 9.48 Å². The summed E-state index contributed by atoms with van der Waals surface area (Å²) >= 11 is 0. The number of carbonyl (C=O) groups is 2. The molecule has 1 fully saturated rings. The first-order chi connectivity index (χ1) is 9.88. The number of carboxylic acid groups (broad SMARTS) is 1. The molecule has 1 aliphatic carbocycles. The minimum absolute atomic E-state index is 0.167. The van der Waals surface area contributed by atoms with Crippen LogP contribution in [0.5, 0.6) is 0 Å². The molecule has 0 unspecified atom stereocenters. The van der Waals surface area contributed by atoms with Crippen molar-refractivity contribution in [3.05, 3.63) is 18.0 Å². The van der Waals surface area contributed by atoms with Crippen molar-refractivity contribution in [2.75, 3.05) is 7.05 Å². The molecule has 1 amide bonds. The Morgan fingerprint density at radius 3 is 2.43 bits per heavy atom. The molecule has 0 bridgehead atoms. The van der Waals surface area contributed by atoms with E-state index in [9.17, 15) is 14.7 Å². The van der Waals surface area contributed by atoms with Crippen LogP contribution in [0, 0.1) is 0 Å². The van der Waals surface area contributed by atoms with Gasteiger partial charge in [-0.05, 0) is 32.8 Å². The average molecular weight is 293 g/mol. The second-order valence-corrected chi connectivity index (χ2v) is 6.04. The molecular weight excluding hydrogens is 270 g/mol. The van der Waals surface area contributed by atoms with Crippen molar-refractivity contribution < 1.29 is 14.7 Å². The van der Waals surface area contributed by atoms with Crippen molar-refractivity contribution >= 4 is 11.9 Å². The van der Waals surface area contributed by atoms with E-state index in [4.69, 9.17) is 0 Å². The van der Waals surface area contributed by atoms with Gasteiger partial charge in [-0.15, -0.1) is 0 Å². The lowest BCUT2D eigenvalue weighted by Gasteiger charge is -2.40. The van der Waals surface area contributed by atoms with Crippen molar-refractivity contribution in [3.63, 3.8) is 0 Å². The van der Waals surface area contributed by atoms with Crippen LogP contribution < -0.4 is 0 Å². The highest BCUT2D eigenvalue weighted by Crippen LogP contribution is 2.34. The quantitative estimate of drug-likeness (QED) is 0.924. The van der Waals surface area contributed by atoms with Gasteiger partial charge in [0, 0.05) is 19.3 Å². The molecule has 0 radical (unpaired) electrons. The normalized spacial score (nSPS) is 17.7. The molecule has 6 heteroatoms. The standard InChI is InChI=1S/C15H23N3O3/c1-11(2)18-10-7-12(16-18)13(19)17(3)15(14(20)21)8-5-4-6-9-15/h7,10-11H,4-6,8-9H2,1-3H3,(H,20,21). The summed E-state index contributed by atoms with van der Waals surface area (Å²) in [4.78, 5) is 25.7. The molecule has 6 nitrogen and oxygen atoms in total. The molecule has 116 valence electrons. The van der Waals surface area contributed by atoms with E-state index in [1.807, 2.05) is 13.8 Å². The first kappa shape index (κ1) is 15.5. The van der Waals surface area contributed by atoms with Gasteiger partial charge in [0.2, 0.25) is 0 Å². The maximum Gasteiger partial charge on any atom is 0.329 e. The predicted molar refractivity (Wildman–Crippen MR) is 78.2 cm³/mol. The van der Waals surface area contributed by atoms with Gasteiger partial charge in [0.05, 0.1) is 0 Å². The van der Waals surface area contributed by atoms with Crippen molar-refractivity contribution in [2.45, 2.75) is 57.5 Å². The van der Waals surface area contributed by atoms with E-state index < -0.39 is 11.5 Å². The van der Waals surface area contributed by atoms with Gasteiger partial charge in [0.1, 0.15) is 11.2 Å². The highest BCUT2D eigenvalue weighted by Gasteiger charge is 2.46. The number of hydrogen-bond donors (Lipinski definition) is 1. The molecule has 21 heavy (non-hydrogen) atoms. The van der Waals surface area contributed by atoms with Crippen LogP contribution >= 0.6 is 0 Å². The summed E-state index contributed by atoms with van der Waals surface area (Å²) in [7, 11) is 1.58. The van der Waals surface area contributed by atoms with Gasteiger partial charge < -0.3 is 10.0 Å². The SMILES string of the molecule is CC(C)n1ccc(C(=O)N(C)C2(C(=O)O)CCCCC2)n1. The molecule has 1 heterocycles. The lowest BCUT2D eigenvalue weighted by atomic mass is 9.80. The van der Waals surface area contributed by atoms with Crippen LogP contribution in [0.2, 0.25) is 0 Å². The molecular formula is C15H23N3O3. The van der Waals surface area contributed by atoms with E-state index in [0.717, 1.165) is 19.3 Å². The third kappa shape index (κ3) is 2.80. The molecule has 1 aliphatic rings. The van der Waals surface area contributed by atoms with E-state index in [0.29, 0.717) is 18.5 Å². The van der Waals surface area contributed by atoms with Crippen LogP contribution in [0.1, 0.15) is 62.5 Å². The molecule has 0 aliphatic heterocycles. The molecule has 2 rings (SSSR count). The first-order valence-electron chi connectivity index (χ1n) is 7.45. The Morgan fingerprint density at radius 1 is 1.33 bits per heavy atom. The zero-order valence-corrected chi connectivity index (χ0v) is 12.9. The zero-order valence-electron chi connectivity index (χ0n) is 12.9. The van der Waals surface area contributed by atoms with Gasteiger partial charge in [0.25, 0.3) is 5.91 Å². The highest BCUT2D eigenvalue weighted by molar-refractivity contribution is 5.96. The molecule has 0 spiro atoms. The highest BCUT2D eigenvalue weighted by atomic mass is 16.4. The van der Waals surface area contributed by atoms with Crippen LogP contribution in [0.25, 0.3) is 0 Å². The van der Waals surface area contributed by atoms with Crippen LogP contribution in [0.3, 0.4) is 0 Å². The van der Waals surface area contributed by atoms with E-state index in [1.54, 1.807) is 24.0 Å². The van der Waals surface area contributed by atoms with Crippen molar-refractivity contribution in [3.8, 4) is 0 Å². The fourth-order valence-corrected chi connectivity index (χ4v) is 2.94. The van der Waals surface area contributed by atoms with Crippen LogP contribution in [-0.2, 0) is 4.79 Å². The number of rotatable bonds is 4. The Hall–Kier alpha value is -1.85. The van der Waals surface area contributed by atoms with E-state index >= 15 is 0 Å². The number of hydrogen-bond acceptors (Lipinski definition) is 3. The van der Waals surface area contributed by atoms with Crippen LogP contribution in [-0.4, -0.2) is 44.3 Å². The topological polar surface area (TPSA) is 75.4 Å². The van der Waals surface area contributed by atoms with E-state index in [2.05, 4.69) is 5.10 Å². The van der Waals surface area contributed by atoms with Crippen molar-refractivity contribution in [2.24, 2.45) is 0 Å². The molecule has 1 aromatic rings. The first-order valence-corrected chi connectivity index (χ1v) is 7.45. The molecule has 1 N–H and O–H groups in total. The third-order valence-electron chi connectivity index (χ3n) is 4.38. The lowest BCUT2D eigenvalue weighted by Crippen LogP contribution is -2.56. The molecule has 1 aromatic heterocycles. The Bertz CT molecular complexity index is 530. The maximum absolute atomic E-state index is 12.6. The fraction of sp³-hybridized carbons (Fsp3) is 0.667. The summed E-state index contributed by atoms with van der Waals surface area (Å²) in [5.41, 5.74) is -0.783. The third-order valence-corrected chi connectivity index (χ3v) is 4.38. The summed E-state index contributed by atoms with van der Waals surface area (Å²) in [6, 6.07) is 1.82. The Balaban J connectivity index is 2.25. The van der Waals surface area contributed by atoms with Crippen molar-refractivity contribution in [1.82, 2.24) is 14.7 Å². The number of carboxylic acids is 1. The number of aromatic nitrogens is 2. The lowest BCUT2D eigenvalue weighted by molar-refractivity contribution is -0.151. The Kier molecular flexibility index (Phi) is 4.34. The van der Waals surface area contributed by atoms with Crippen LogP contribution in [0.4, 0.5) is 0 Å². The largest absolute Gasteiger partial charge is 0.479 e. The summed E-state index contributed by atoms with van der Waals surface area (Å²) in [5.74, 6) is -1.24. The maximum atomic E-state index is 12.6. The average Bonchev–Trinajstić information content (AvgIpc) is 2.96. The fourth-order valence-electron chi connectivity index (χ4n) is 2.94. The number of nitrogens with zero attached hydrogens (tertiary/aromatic N) is 3. The van der Waals surface area contributed by atoms with Crippen molar-refractivity contribution in [1.29, 1.82) is 0 Å². The predicted octanol–water partition coefficient (Wildman–Crippen LogP) is 2.32. The van der Waals surface area contributed by atoms with Gasteiger partial charge in [-0.25, -0.2) is 4.79 Å². The minimum atomic E-state index is -1.09. The Labute approximate surface area is 124 Å². The number of aliphatic carboxylic acids is 1. The Morgan fingerprint density at radius 2 is 1.95 bits per heavy atom. The molecule has 1 saturated carbocycles. The van der Waals surface area contributed by atoms with Gasteiger partial charge in [-0.2, -0.15) is 5.10 Å². The van der Waals surface area contributed by atoms with Crippen LogP contribution in [0.15, 0.2) is 12.3 Å². The van der Waals surface area contributed by atoms with E-state index in [1.165, 1.54) is 4.90 Å². The molecule has 0 atom stereocenters. The molecule has 0 saturated heterocycles. The van der Waals surface area contributed by atoms with E-state index in [-0.39, 0.29) is 11.9 Å². The number of likely N-dealkylation sites (N-methyl/N-ethyl adjacent to an activating group) is 1. The summed E-state index contributed by atoms with van der Waals surface area (Å²) in [5, 5.41) is 13.9. The monoisotopic (exact) mass is 293 g/mol. The summed E-state index contributed by atoms with van der Waals surface area (Å²) in [6.45, 7) is 3.95. The smallest absolute Gasteiger partial charge is 0.329 e. The number of amides is 1. The van der Waals surface area contributed by atoms with Gasteiger partial charge >= 0.3 is 5.97 Å².